The van der Waals surface area contributed by atoms with Gasteiger partial charge >= 0.3 is 5.97 Å². The molecule has 1 amide bonds. The number of esters is 1. The van der Waals surface area contributed by atoms with Crippen LogP contribution in [-0.2, 0) is 24.5 Å². The van der Waals surface area contributed by atoms with Gasteiger partial charge in [0.1, 0.15) is 22.3 Å². The number of carbonyl (C=O) groups is 3. The minimum Gasteiger partial charge on any atom is -0.456 e. The summed E-state index contributed by atoms with van der Waals surface area (Å²) in [7, 11) is 0. The SMILES string of the molecule is CC1(C)CC(=O)C2=C(C1)NC(=O)C21C(C(=O)OC(C)(C)C)=C(N)Oc2ccccc21. The second-order valence-electron chi connectivity index (χ2n) is 9.84. The van der Waals surface area contributed by atoms with Gasteiger partial charge in [-0.15, -0.1) is 0 Å². The minimum absolute atomic E-state index is 0.147. The van der Waals surface area contributed by atoms with E-state index in [1.807, 2.05) is 13.8 Å². The van der Waals surface area contributed by atoms with Crippen LogP contribution in [-0.4, -0.2) is 23.3 Å². The summed E-state index contributed by atoms with van der Waals surface area (Å²) >= 11 is 0. The Kier molecular flexibility index (Phi) is 4.18. The van der Waals surface area contributed by atoms with Crippen LogP contribution in [0.1, 0.15) is 53.0 Å². The van der Waals surface area contributed by atoms with Gasteiger partial charge in [-0.1, -0.05) is 32.0 Å². The highest BCUT2D eigenvalue weighted by Gasteiger charge is 2.63. The van der Waals surface area contributed by atoms with Gasteiger partial charge < -0.3 is 20.5 Å². The quantitative estimate of drug-likeness (QED) is 0.689. The summed E-state index contributed by atoms with van der Waals surface area (Å²) in [5.74, 6) is -1.35. The molecular formula is C23H26N2O5. The number of hydrogen-bond acceptors (Lipinski definition) is 6. The number of ether oxygens (including phenoxy) is 2. The molecule has 0 saturated carbocycles. The normalized spacial score (nSPS) is 25.0. The molecule has 4 rings (SSSR count). The number of amides is 1. The van der Waals surface area contributed by atoms with Gasteiger partial charge in [-0.25, -0.2) is 4.79 Å². The number of fused-ring (bicyclic) bond motifs is 3. The molecular weight excluding hydrogens is 384 g/mol. The lowest BCUT2D eigenvalue weighted by atomic mass is 9.63. The molecule has 1 aliphatic carbocycles. The van der Waals surface area contributed by atoms with Gasteiger partial charge in [0.15, 0.2) is 5.78 Å². The van der Waals surface area contributed by atoms with Crippen molar-refractivity contribution in [1.29, 1.82) is 0 Å². The molecule has 0 bridgehead atoms. The van der Waals surface area contributed by atoms with Crippen molar-refractivity contribution in [3.63, 3.8) is 0 Å². The van der Waals surface area contributed by atoms with Crippen molar-refractivity contribution in [2.24, 2.45) is 11.1 Å². The molecule has 7 heteroatoms. The summed E-state index contributed by atoms with van der Waals surface area (Å²) in [6.07, 6.45) is 0.763. The van der Waals surface area contributed by atoms with Gasteiger partial charge in [0.05, 0.1) is 0 Å². The van der Waals surface area contributed by atoms with E-state index in [0.29, 0.717) is 23.4 Å². The highest BCUT2D eigenvalue weighted by Crippen LogP contribution is 2.55. The Bertz CT molecular complexity index is 1060. The number of nitrogens with one attached hydrogen (secondary N) is 1. The van der Waals surface area contributed by atoms with E-state index in [1.54, 1.807) is 45.0 Å². The molecule has 0 radical (unpaired) electrons. The van der Waals surface area contributed by atoms with Crippen LogP contribution >= 0.6 is 0 Å². The van der Waals surface area contributed by atoms with Crippen LogP contribution in [0.15, 0.2) is 47.0 Å². The lowest BCUT2D eigenvalue weighted by Gasteiger charge is -2.39. The van der Waals surface area contributed by atoms with E-state index in [1.165, 1.54) is 0 Å². The third-order valence-electron chi connectivity index (χ3n) is 5.59. The fourth-order valence-corrected chi connectivity index (χ4v) is 4.64. The Morgan fingerprint density at radius 3 is 2.50 bits per heavy atom. The molecule has 1 aromatic rings. The number of hydrogen-bond donors (Lipinski definition) is 2. The molecule has 0 saturated heterocycles. The maximum atomic E-state index is 13.6. The Balaban J connectivity index is 2.03. The minimum atomic E-state index is -1.69. The number of carbonyl (C=O) groups excluding carboxylic acids is 3. The molecule has 0 fully saturated rings. The largest absolute Gasteiger partial charge is 0.456 e. The summed E-state index contributed by atoms with van der Waals surface area (Å²) in [5.41, 5.74) is 4.44. The molecule has 2 heterocycles. The first-order valence-electron chi connectivity index (χ1n) is 9.96. The molecule has 0 aromatic heterocycles. The van der Waals surface area contributed by atoms with Gasteiger partial charge in [-0.2, -0.15) is 0 Å². The van der Waals surface area contributed by atoms with E-state index in [4.69, 9.17) is 15.2 Å². The zero-order chi connectivity index (χ0) is 22.1. The predicted molar refractivity (Wildman–Crippen MR) is 109 cm³/mol. The smallest absolute Gasteiger partial charge is 0.341 e. The molecule has 1 spiro atoms. The van der Waals surface area contributed by atoms with Crippen LogP contribution in [0.5, 0.6) is 5.75 Å². The third-order valence-corrected chi connectivity index (χ3v) is 5.59. The van der Waals surface area contributed by atoms with Crippen LogP contribution in [0, 0.1) is 5.41 Å². The van der Waals surface area contributed by atoms with Gasteiger partial charge in [0.25, 0.3) is 0 Å². The average Bonchev–Trinajstić information content (AvgIpc) is 2.84. The Morgan fingerprint density at radius 1 is 1.17 bits per heavy atom. The number of rotatable bonds is 1. The summed E-state index contributed by atoms with van der Waals surface area (Å²) in [5, 5.41) is 2.88. The van der Waals surface area contributed by atoms with Crippen molar-refractivity contribution in [2.75, 3.05) is 0 Å². The average molecular weight is 410 g/mol. The molecule has 158 valence electrons. The van der Waals surface area contributed by atoms with Crippen molar-refractivity contribution in [2.45, 2.75) is 58.5 Å². The zero-order valence-corrected chi connectivity index (χ0v) is 17.8. The second kappa shape index (κ2) is 6.20. The van der Waals surface area contributed by atoms with E-state index in [2.05, 4.69) is 5.32 Å². The Morgan fingerprint density at radius 2 is 1.83 bits per heavy atom. The summed E-state index contributed by atoms with van der Waals surface area (Å²) in [4.78, 5) is 40.3. The van der Waals surface area contributed by atoms with Crippen LogP contribution in [0.2, 0.25) is 0 Å². The maximum absolute atomic E-state index is 13.6. The van der Waals surface area contributed by atoms with Gasteiger partial charge in [-0.3, -0.25) is 9.59 Å². The predicted octanol–water partition coefficient (Wildman–Crippen LogP) is 2.60. The van der Waals surface area contributed by atoms with E-state index < -0.39 is 22.9 Å². The molecule has 1 unspecified atom stereocenters. The first-order valence-corrected chi connectivity index (χ1v) is 9.96. The molecule has 1 aromatic carbocycles. The Hall–Kier alpha value is -3.09. The van der Waals surface area contributed by atoms with Crippen LogP contribution in [0.4, 0.5) is 0 Å². The second-order valence-corrected chi connectivity index (χ2v) is 9.84. The number of ketones is 1. The molecule has 1 atom stereocenters. The van der Waals surface area contributed by atoms with Crippen molar-refractivity contribution < 1.29 is 23.9 Å². The first kappa shape index (κ1) is 20.2. The van der Waals surface area contributed by atoms with Crippen molar-refractivity contribution in [3.8, 4) is 5.75 Å². The van der Waals surface area contributed by atoms with Crippen molar-refractivity contribution >= 4 is 17.7 Å². The highest BCUT2D eigenvalue weighted by molar-refractivity contribution is 6.19. The maximum Gasteiger partial charge on any atom is 0.341 e. The molecule has 2 aliphatic heterocycles. The number of Topliss-reactive ketones (excluding diaryl/α,β-unsaturated/α-hetero) is 1. The Labute approximate surface area is 175 Å². The fourth-order valence-electron chi connectivity index (χ4n) is 4.64. The number of para-hydroxylation sites is 1. The van der Waals surface area contributed by atoms with Crippen LogP contribution in [0.3, 0.4) is 0 Å². The van der Waals surface area contributed by atoms with E-state index in [-0.39, 0.29) is 34.6 Å². The summed E-state index contributed by atoms with van der Waals surface area (Å²) in [6.45, 7) is 9.12. The molecule has 3 N–H and O–H groups in total. The third kappa shape index (κ3) is 2.83. The monoisotopic (exact) mass is 410 g/mol. The van der Waals surface area contributed by atoms with Gasteiger partial charge in [0.2, 0.25) is 11.8 Å². The van der Waals surface area contributed by atoms with Crippen LogP contribution < -0.4 is 15.8 Å². The topological polar surface area (TPSA) is 108 Å². The zero-order valence-electron chi connectivity index (χ0n) is 17.8. The number of benzene rings is 1. The molecule has 30 heavy (non-hydrogen) atoms. The fraction of sp³-hybridized carbons (Fsp3) is 0.435. The van der Waals surface area contributed by atoms with Crippen LogP contribution in [0.25, 0.3) is 0 Å². The number of nitrogens with two attached hydrogens (primary N) is 1. The highest BCUT2D eigenvalue weighted by atomic mass is 16.6. The van der Waals surface area contributed by atoms with Gasteiger partial charge in [-0.05, 0) is 38.7 Å². The van der Waals surface area contributed by atoms with E-state index in [0.717, 1.165) is 0 Å². The van der Waals surface area contributed by atoms with Crippen molar-refractivity contribution in [1.82, 2.24) is 5.32 Å². The lowest BCUT2D eigenvalue weighted by molar-refractivity contribution is -0.152. The summed E-state index contributed by atoms with van der Waals surface area (Å²) < 4.78 is 11.3. The van der Waals surface area contributed by atoms with E-state index >= 15 is 0 Å². The first-order chi connectivity index (χ1) is 13.9. The molecule has 7 nitrogen and oxygen atoms in total. The summed E-state index contributed by atoms with van der Waals surface area (Å²) in [6, 6.07) is 6.83. The van der Waals surface area contributed by atoms with Gasteiger partial charge in [0, 0.05) is 23.3 Å². The standard InChI is InChI=1S/C23H26N2O5/c1-21(2,3)30-19(27)17-18(24)29-15-9-7-6-8-12(15)23(17)16-13(25-20(23)28)10-22(4,5)11-14(16)26/h6-9H,10-11,24H2,1-5H3,(H,25,28). The van der Waals surface area contributed by atoms with E-state index in [9.17, 15) is 14.4 Å². The number of allylic oxidation sites excluding steroid dienone is 1. The molecule has 3 aliphatic rings. The lowest BCUT2D eigenvalue weighted by Crippen LogP contribution is -2.49. The van der Waals surface area contributed by atoms with Crippen molar-refractivity contribution in [3.05, 3.63) is 52.6 Å².